The van der Waals surface area contributed by atoms with Crippen LogP contribution in [-0.4, -0.2) is 8.80 Å². The van der Waals surface area contributed by atoms with Crippen LogP contribution in [0.2, 0.25) is 19.6 Å². The fourth-order valence-corrected chi connectivity index (χ4v) is 1.98. The minimum Gasteiger partial charge on any atom is -0.225 e. The molecule has 132 valence electrons. The lowest BCUT2D eigenvalue weighted by molar-refractivity contribution is -0.410. The molecule has 0 aliphatic carbocycles. The summed E-state index contributed by atoms with van der Waals surface area (Å²) in [4.78, 5) is 11.5. The zero-order chi connectivity index (χ0) is 18.2. The van der Waals surface area contributed by atoms with Gasteiger partial charge in [-0.05, 0) is 38.8 Å². The molecule has 0 saturated carbocycles. The van der Waals surface area contributed by atoms with E-state index in [1.54, 1.807) is 0 Å². The third-order valence-electron chi connectivity index (χ3n) is 3.40. The molecule has 0 bridgehead atoms. The van der Waals surface area contributed by atoms with E-state index < -0.39 is 11.2 Å². The zero-order valence-electron chi connectivity index (χ0n) is 16.2. The summed E-state index contributed by atoms with van der Waals surface area (Å²) in [6.07, 6.45) is 0. The van der Waals surface area contributed by atoms with E-state index in [1.807, 2.05) is 88.4 Å². The SMILES string of the molecule is CC(C)(OOC(C)(C)c1ccccc1)c1ccccc1.C[SiH](C)C. The summed E-state index contributed by atoms with van der Waals surface area (Å²) in [7, 11) is -0.139. The first-order chi connectivity index (χ1) is 11.1. The van der Waals surface area contributed by atoms with Gasteiger partial charge in [-0.1, -0.05) is 80.3 Å². The van der Waals surface area contributed by atoms with Crippen LogP contribution >= 0.6 is 0 Å². The lowest BCUT2D eigenvalue weighted by Crippen LogP contribution is -2.29. The van der Waals surface area contributed by atoms with Gasteiger partial charge in [-0.25, -0.2) is 9.78 Å². The van der Waals surface area contributed by atoms with Crippen molar-refractivity contribution in [1.29, 1.82) is 0 Å². The van der Waals surface area contributed by atoms with E-state index >= 15 is 0 Å². The van der Waals surface area contributed by atoms with Gasteiger partial charge in [-0.3, -0.25) is 0 Å². The Kier molecular flexibility index (Phi) is 7.87. The van der Waals surface area contributed by atoms with Gasteiger partial charge in [-0.15, -0.1) is 0 Å². The highest BCUT2D eigenvalue weighted by Gasteiger charge is 2.29. The summed E-state index contributed by atoms with van der Waals surface area (Å²) in [5, 5.41) is 0. The predicted octanol–water partition coefficient (Wildman–Crippen LogP) is 5.91. The van der Waals surface area contributed by atoms with Crippen molar-refractivity contribution in [3.05, 3.63) is 71.8 Å². The Morgan fingerprint density at radius 3 is 1.08 bits per heavy atom. The van der Waals surface area contributed by atoms with Gasteiger partial charge in [0.15, 0.2) is 0 Å². The maximum atomic E-state index is 5.73. The van der Waals surface area contributed by atoms with Crippen LogP contribution in [0.5, 0.6) is 0 Å². The number of rotatable bonds is 5. The van der Waals surface area contributed by atoms with E-state index in [-0.39, 0.29) is 8.80 Å². The second-order valence-electron chi connectivity index (χ2n) is 7.65. The molecule has 0 atom stereocenters. The molecule has 2 aromatic carbocycles. The van der Waals surface area contributed by atoms with E-state index in [2.05, 4.69) is 19.6 Å². The Hall–Kier alpha value is -1.42. The second-order valence-corrected chi connectivity index (χ2v) is 11.1. The Balaban J connectivity index is 0.000000648. The maximum absolute atomic E-state index is 5.73. The van der Waals surface area contributed by atoms with E-state index in [4.69, 9.17) is 9.78 Å². The number of benzene rings is 2. The first kappa shape index (κ1) is 20.6. The molecule has 0 aromatic heterocycles. The standard InChI is InChI=1S/C18H22O2.C3H10Si/c1-17(2,15-11-7-5-8-12-15)19-20-18(3,4)16-13-9-6-10-14-16;1-4(2)3/h5-14H,1-4H3;4H,1-3H3. The highest BCUT2D eigenvalue weighted by Crippen LogP contribution is 2.31. The molecule has 0 aliphatic rings. The lowest BCUT2D eigenvalue weighted by atomic mass is 9.98. The Labute approximate surface area is 149 Å². The van der Waals surface area contributed by atoms with Gasteiger partial charge < -0.3 is 0 Å². The Morgan fingerprint density at radius 1 is 0.583 bits per heavy atom. The Morgan fingerprint density at radius 2 is 0.833 bits per heavy atom. The summed E-state index contributed by atoms with van der Waals surface area (Å²) >= 11 is 0. The van der Waals surface area contributed by atoms with Crippen LogP contribution in [-0.2, 0) is 21.0 Å². The second kappa shape index (κ2) is 9.16. The van der Waals surface area contributed by atoms with Crippen molar-refractivity contribution >= 4 is 8.80 Å². The highest BCUT2D eigenvalue weighted by atomic mass is 28.3. The maximum Gasteiger partial charge on any atom is 0.123 e. The van der Waals surface area contributed by atoms with Crippen molar-refractivity contribution in [2.75, 3.05) is 0 Å². The van der Waals surface area contributed by atoms with Crippen LogP contribution in [0, 0.1) is 0 Å². The first-order valence-corrected chi connectivity index (χ1v) is 12.1. The van der Waals surface area contributed by atoms with Crippen molar-refractivity contribution in [2.45, 2.75) is 58.5 Å². The van der Waals surface area contributed by atoms with Gasteiger partial charge in [0.05, 0.1) is 0 Å². The molecule has 2 aromatic rings. The molecule has 0 aliphatic heterocycles. The van der Waals surface area contributed by atoms with Crippen LogP contribution in [0.1, 0.15) is 38.8 Å². The zero-order valence-corrected chi connectivity index (χ0v) is 17.3. The lowest BCUT2D eigenvalue weighted by Gasteiger charge is -2.31. The third-order valence-corrected chi connectivity index (χ3v) is 3.40. The van der Waals surface area contributed by atoms with Gasteiger partial charge in [-0.2, -0.15) is 0 Å². The van der Waals surface area contributed by atoms with Gasteiger partial charge in [0.25, 0.3) is 0 Å². The fourth-order valence-electron chi connectivity index (χ4n) is 1.98. The summed E-state index contributed by atoms with van der Waals surface area (Å²) in [5.41, 5.74) is 1.19. The van der Waals surface area contributed by atoms with Gasteiger partial charge >= 0.3 is 0 Å². The van der Waals surface area contributed by atoms with E-state index in [0.29, 0.717) is 0 Å². The van der Waals surface area contributed by atoms with E-state index in [0.717, 1.165) is 11.1 Å². The number of hydrogen-bond acceptors (Lipinski definition) is 2. The third kappa shape index (κ3) is 6.99. The van der Waals surface area contributed by atoms with Crippen LogP contribution in [0.15, 0.2) is 60.7 Å². The minimum atomic E-state index is -0.493. The van der Waals surface area contributed by atoms with Gasteiger partial charge in [0, 0.05) is 8.80 Å². The fraction of sp³-hybridized carbons (Fsp3) is 0.429. The summed E-state index contributed by atoms with van der Waals surface area (Å²) in [6, 6.07) is 20.2. The smallest absolute Gasteiger partial charge is 0.123 e. The molecule has 3 heteroatoms. The molecule has 0 fully saturated rings. The van der Waals surface area contributed by atoms with Crippen molar-refractivity contribution < 1.29 is 9.78 Å². The van der Waals surface area contributed by atoms with Gasteiger partial charge in [0.1, 0.15) is 11.2 Å². The highest BCUT2D eigenvalue weighted by molar-refractivity contribution is 6.54. The monoisotopic (exact) mass is 344 g/mol. The summed E-state index contributed by atoms with van der Waals surface area (Å²) in [5.74, 6) is 0. The average molecular weight is 345 g/mol. The molecule has 0 amide bonds. The van der Waals surface area contributed by atoms with Crippen molar-refractivity contribution in [2.24, 2.45) is 0 Å². The van der Waals surface area contributed by atoms with Crippen LogP contribution in [0.3, 0.4) is 0 Å². The molecule has 0 saturated heterocycles. The first-order valence-electron chi connectivity index (χ1n) is 8.63. The molecule has 2 rings (SSSR count). The van der Waals surface area contributed by atoms with Crippen molar-refractivity contribution in [1.82, 2.24) is 0 Å². The van der Waals surface area contributed by atoms with Crippen molar-refractivity contribution in [3.63, 3.8) is 0 Å². The molecule has 0 unspecified atom stereocenters. The molecule has 0 heterocycles. The summed E-state index contributed by atoms with van der Waals surface area (Å²) < 4.78 is 0. The Bertz CT molecular complexity index is 523. The van der Waals surface area contributed by atoms with Crippen LogP contribution in [0.25, 0.3) is 0 Å². The van der Waals surface area contributed by atoms with E-state index in [9.17, 15) is 0 Å². The molecular weight excluding hydrogens is 312 g/mol. The van der Waals surface area contributed by atoms with E-state index in [1.165, 1.54) is 0 Å². The minimum absolute atomic E-state index is 0.139. The quantitative estimate of drug-likeness (QED) is 0.381. The molecule has 2 nitrogen and oxygen atoms in total. The molecule has 0 N–H and O–H groups in total. The van der Waals surface area contributed by atoms with Crippen LogP contribution in [0.4, 0.5) is 0 Å². The summed E-state index contributed by atoms with van der Waals surface area (Å²) in [6.45, 7) is 14.9. The predicted molar refractivity (Wildman–Crippen MR) is 106 cm³/mol. The van der Waals surface area contributed by atoms with Crippen LogP contribution < -0.4 is 0 Å². The normalized spacial score (nSPS) is 11.8. The topological polar surface area (TPSA) is 18.5 Å². The molecule has 24 heavy (non-hydrogen) atoms. The van der Waals surface area contributed by atoms with Gasteiger partial charge in [0.2, 0.25) is 0 Å². The largest absolute Gasteiger partial charge is 0.225 e. The molecule has 0 radical (unpaired) electrons. The van der Waals surface area contributed by atoms with Crippen molar-refractivity contribution in [3.8, 4) is 0 Å². The number of hydrogen-bond donors (Lipinski definition) is 0. The average Bonchev–Trinajstić information content (AvgIpc) is 2.54. The molecular formula is C21H32O2Si. The molecule has 0 spiro atoms.